The quantitative estimate of drug-likeness (QED) is 0.0344. The van der Waals surface area contributed by atoms with E-state index < -0.39 is 6.10 Å². The van der Waals surface area contributed by atoms with Crippen molar-refractivity contribution in [3.05, 3.63) is 0 Å². The molecular formula is C59H114O6. The molecule has 0 amide bonds. The van der Waals surface area contributed by atoms with Gasteiger partial charge in [-0.05, 0) is 31.1 Å². The highest BCUT2D eigenvalue weighted by molar-refractivity contribution is 5.71. The van der Waals surface area contributed by atoms with Crippen molar-refractivity contribution in [3.8, 4) is 0 Å². The minimum atomic E-state index is -0.763. The zero-order chi connectivity index (χ0) is 47.5. The van der Waals surface area contributed by atoms with Crippen molar-refractivity contribution >= 4 is 17.9 Å². The van der Waals surface area contributed by atoms with Gasteiger partial charge >= 0.3 is 17.9 Å². The molecule has 6 heteroatoms. The first kappa shape index (κ1) is 63.4. The highest BCUT2D eigenvalue weighted by Crippen LogP contribution is 2.18. The van der Waals surface area contributed by atoms with Gasteiger partial charge in [0.25, 0.3) is 0 Å². The van der Waals surface area contributed by atoms with Gasteiger partial charge in [0, 0.05) is 19.3 Å². The lowest BCUT2D eigenvalue weighted by Gasteiger charge is -2.18. The Morgan fingerprint density at radius 1 is 0.292 bits per heavy atom. The zero-order valence-electron chi connectivity index (χ0n) is 44.6. The smallest absolute Gasteiger partial charge is 0.306 e. The Hall–Kier alpha value is -1.59. The van der Waals surface area contributed by atoms with Crippen LogP contribution in [-0.2, 0) is 28.6 Å². The van der Waals surface area contributed by atoms with Gasteiger partial charge in [-0.2, -0.15) is 0 Å². The topological polar surface area (TPSA) is 78.9 Å². The van der Waals surface area contributed by atoms with Crippen molar-refractivity contribution in [1.82, 2.24) is 0 Å². The summed E-state index contributed by atoms with van der Waals surface area (Å²) in [4.78, 5) is 38.2. The third kappa shape index (κ3) is 53.2. The van der Waals surface area contributed by atoms with Crippen LogP contribution in [0.3, 0.4) is 0 Å². The molecule has 0 spiro atoms. The number of esters is 3. The number of ether oxygens (including phenoxy) is 3. The minimum Gasteiger partial charge on any atom is -0.462 e. The van der Waals surface area contributed by atoms with E-state index >= 15 is 0 Å². The van der Waals surface area contributed by atoms with Crippen molar-refractivity contribution < 1.29 is 28.6 Å². The maximum Gasteiger partial charge on any atom is 0.306 e. The fourth-order valence-electron chi connectivity index (χ4n) is 9.05. The van der Waals surface area contributed by atoms with E-state index in [9.17, 15) is 14.4 Å². The van der Waals surface area contributed by atoms with Crippen molar-refractivity contribution in [1.29, 1.82) is 0 Å². The molecule has 0 aliphatic rings. The molecule has 0 aliphatic heterocycles. The maximum absolute atomic E-state index is 12.9. The van der Waals surface area contributed by atoms with Crippen molar-refractivity contribution in [2.45, 2.75) is 336 Å². The molecule has 386 valence electrons. The summed E-state index contributed by atoms with van der Waals surface area (Å²) in [5.74, 6) is 0.836. The SMILES string of the molecule is CCCCCCCCCCCCCCCCCCC(=O)O[C@H](COC(=O)CCCCCCCCCCCCCCCC(C)C)COC(=O)CCCCCCCCCCCCCCC(C)C. The first-order chi connectivity index (χ1) is 31.7. The van der Waals surface area contributed by atoms with Gasteiger partial charge in [-0.15, -0.1) is 0 Å². The second-order valence-corrected chi connectivity index (χ2v) is 21.2. The Balaban J connectivity index is 4.30. The number of carbonyl (C=O) groups is 3. The molecule has 0 bridgehead atoms. The normalized spacial score (nSPS) is 12.0. The number of rotatable bonds is 53. The maximum atomic E-state index is 12.9. The Kier molecular flexibility index (Phi) is 50.5. The summed E-state index contributed by atoms with van der Waals surface area (Å²) < 4.78 is 16.9. The molecular weight excluding hydrogens is 805 g/mol. The molecule has 0 aromatic carbocycles. The number of hydrogen-bond donors (Lipinski definition) is 0. The molecule has 0 unspecified atom stereocenters. The first-order valence-corrected chi connectivity index (χ1v) is 29.2. The van der Waals surface area contributed by atoms with Gasteiger partial charge in [0.15, 0.2) is 6.10 Å². The number of unbranched alkanes of at least 4 members (excludes halogenated alkanes) is 38. The standard InChI is InChI=1S/C59H114O6/c1-6-7-8-9-10-11-12-13-14-15-18-26-31-36-41-46-51-59(62)65-56(53-64-58(61)50-45-40-35-30-25-21-20-23-28-33-38-43-48-55(4)5)52-63-57(60)49-44-39-34-29-24-19-16-17-22-27-32-37-42-47-54(2)3/h54-56H,6-53H2,1-5H3/t56-/m1/s1. The summed E-state index contributed by atoms with van der Waals surface area (Å²) in [6, 6.07) is 0. The van der Waals surface area contributed by atoms with Crippen molar-refractivity contribution in [2.24, 2.45) is 11.8 Å². The lowest BCUT2D eigenvalue weighted by atomic mass is 10.0. The van der Waals surface area contributed by atoms with E-state index in [0.717, 1.165) is 69.6 Å². The number of hydrogen-bond acceptors (Lipinski definition) is 6. The van der Waals surface area contributed by atoms with Gasteiger partial charge in [-0.25, -0.2) is 0 Å². The van der Waals surface area contributed by atoms with Gasteiger partial charge in [0.2, 0.25) is 0 Å². The van der Waals surface area contributed by atoms with E-state index in [1.165, 1.54) is 218 Å². The lowest BCUT2D eigenvalue weighted by Crippen LogP contribution is -2.30. The fraction of sp³-hybridized carbons (Fsp3) is 0.949. The van der Waals surface area contributed by atoms with Crippen LogP contribution in [0.15, 0.2) is 0 Å². The Morgan fingerprint density at radius 3 is 0.754 bits per heavy atom. The highest BCUT2D eigenvalue weighted by atomic mass is 16.6. The second-order valence-electron chi connectivity index (χ2n) is 21.2. The predicted octanol–water partition coefficient (Wildman–Crippen LogP) is 19.3. The van der Waals surface area contributed by atoms with Gasteiger partial charge in [0.1, 0.15) is 13.2 Å². The number of carbonyl (C=O) groups excluding carboxylic acids is 3. The highest BCUT2D eigenvalue weighted by Gasteiger charge is 2.19. The molecule has 0 fully saturated rings. The van der Waals surface area contributed by atoms with E-state index in [4.69, 9.17) is 14.2 Å². The van der Waals surface area contributed by atoms with Crippen LogP contribution in [0.5, 0.6) is 0 Å². The van der Waals surface area contributed by atoms with Gasteiger partial charge in [-0.1, -0.05) is 291 Å². The molecule has 6 nitrogen and oxygen atoms in total. The van der Waals surface area contributed by atoms with Crippen molar-refractivity contribution in [3.63, 3.8) is 0 Å². The Labute approximate surface area is 406 Å². The summed E-state index contributed by atoms with van der Waals surface area (Å²) in [7, 11) is 0. The third-order valence-corrected chi connectivity index (χ3v) is 13.5. The average molecular weight is 920 g/mol. The summed E-state index contributed by atoms with van der Waals surface area (Å²) in [6.45, 7) is 11.4. The molecule has 0 saturated heterocycles. The molecule has 65 heavy (non-hydrogen) atoms. The third-order valence-electron chi connectivity index (χ3n) is 13.5. The fourth-order valence-corrected chi connectivity index (χ4v) is 9.05. The van der Waals surface area contributed by atoms with Crippen LogP contribution < -0.4 is 0 Å². The Bertz CT molecular complexity index is 993. The van der Waals surface area contributed by atoms with E-state index in [2.05, 4.69) is 34.6 Å². The molecule has 1 atom stereocenters. The van der Waals surface area contributed by atoms with Crippen LogP contribution in [0.1, 0.15) is 330 Å². The molecule has 0 aromatic rings. The lowest BCUT2D eigenvalue weighted by molar-refractivity contribution is -0.167. The average Bonchev–Trinajstić information content (AvgIpc) is 3.28. The van der Waals surface area contributed by atoms with E-state index in [0.29, 0.717) is 19.3 Å². The monoisotopic (exact) mass is 919 g/mol. The van der Waals surface area contributed by atoms with Crippen LogP contribution in [-0.4, -0.2) is 37.2 Å². The Morgan fingerprint density at radius 2 is 0.508 bits per heavy atom. The van der Waals surface area contributed by atoms with Crippen molar-refractivity contribution in [2.75, 3.05) is 13.2 Å². The molecule has 0 aromatic heterocycles. The van der Waals surface area contributed by atoms with Gasteiger partial charge < -0.3 is 14.2 Å². The second kappa shape index (κ2) is 51.8. The van der Waals surface area contributed by atoms with Crippen LogP contribution in [0.25, 0.3) is 0 Å². The van der Waals surface area contributed by atoms with Gasteiger partial charge in [-0.3, -0.25) is 14.4 Å². The summed E-state index contributed by atoms with van der Waals surface area (Å²) in [5, 5.41) is 0. The first-order valence-electron chi connectivity index (χ1n) is 29.2. The minimum absolute atomic E-state index is 0.0626. The molecule has 0 saturated carbocycles. The van der Waals surface area contributed by atoms with E-state index in [-0.39, 0.29) is 31.1 Å². The summed E-state index contributed by atoms with van der Waals surface area (Å²) >= 11 is 0. The zero-order valence-corrected chi connectivity index (χ0v) is 44.6. The van der Waals surface area contributed by atoms with Crippen LogP contribution in [0, 0.1) is 11.8 Å². The summed E-state index contributed by atoms with van der Waals surface area (Å²) in [5.41, 5.74) is 0. The molecule has 0 radical (unpaired) electrons. The molecule has 0 rings (SSSR count). The predicted molar refractivity (Wildman–Crippen MR) is 280 cm³/mol. The summed E-state index contributed by atoms with van der Waals surface area (Å²) in [6.07, 6.45) is 55.2. The van der Waals surface area contributed by atoms with E-state index in [1.54, 1.807) is 0 Å². The van der Waals surface area contributed by atoms with E-state index in [1.807, 2.05) is 0 Å². The molecule has 0 N–H and O–H groups in total. The molecule has 0 heterocycles. The molecule has 0 aliphatic carbocycles. The van der Waals surface area contributed by atoms with Crippen LogP contribution in [0.2, 0.25) is 0 Å². The van der Waals surface area contributed by atoms with Crippen LogP contribution >= 0.6 is 0 Å². The van der Waals surface area contributed by atoms with Crippen LogP contribution in [0.4, 0.5) is 0 Å². The van der Waals surface area contributed by atoms with Gasteiger partial charge in [0.05, 0.1) is 0 Å². The largest absolute Gasteiger partial charge is 0.462 e.